The molecule has 204 valence electrons. The molecule has 0 aromatic heterocycles. The van der Waals surface area contributed by atoms with Gasteiger partial charge in [-0.15, -0.1) is 0 Å². The zero-order valence-electron chi connectivity index (χ0n) is 21.5. The Morgan fingerprint density at radius 1 is 0.947 bits per heavy atom. The number of carbonyl (C=O) groups excluding carboxylic acids is 2. The number of anilines is 1. The molecule has 3 heterocycles. The van der Waals surface area contributed by atoms with Crippen LogP contribution in [0, 0.1) is 5.92 Å². The van der Waals surface area contributed by atoms with E-state index < -0.39 is 17.7 Å². The van der Waals surface area contributed by atoms with E-state index in [1.54, 1.807) is 15.9 Å². The number of fused-ring (bicyclic) bond motifs is 3. The smallest absolute Gasteiger partial charge is 0.416 e. The first kappa shape index (κ1) is 26.3. The Morgan fingerprint density at radius 3 is 2.34 bits per heavy atom. The normalized spacial score (nSPS) is 22.1. The van der Waals surface area contributed by atoms with Gasteiger partial charge >= 0.3 is 6.18 Å². The molecule has 0 spiro atoms. The largest absolute Gasteiger partial charge is 0.492 e. The highest BCUT2D eigenvalue weighted by Crippen LogP contribution is 2.40. The number of benzene rings is 2. The fourth-order valence-corrected chi connectivity index (χ4v) is 5.83. The topological polar surface area (TPSA) is 56.3 Å². The Morgan fingerprint density at radius 2 is 1.66 bits per heavy atom. The monoisotopic (exact) mass is 530 g/mol. The van der Waals surface area contributed by atoms with E-state index in [-0.39, 0.29) is 24.3 Å². The highest BCUT2D eigenvalue weighted by atomic mass is 19.4. The summed E-state index contributed by atoms with van der Waals surface area (Å²) in [7, 11) is 0. The van der Waals surface area contributed by atoms with E-state index in [0.717, 1.165) is 24.0 Å². The Labute approximate surface area is 220 Å². The molecule has 2 amide bonds. The number of carbonyl (C=O) groups is 2. The fraction of sp³-hybridized carbons (Fsp3) is 0.500. The first-order valence-electron chi connectivity index (χ1n) is 13.1. The minimum absolute atomic E-state index is 0.0183. The number of nitrogens with zero attached hydrogens (tertiary/aromatic N) is 4. The molecule has 2 atom stereocenters. The maximum absolute atomic E-state index is 13.8. The molecule has 2 aromatic rings. The number of halogens is 3. The Kier molecular flexibility index (Phi) is 7.52. The number of piperazine rings is 2. The molecule has 2 saturated heterocycles. The molecule has 3 aliphatic heterocycles. The van der Waals surface area contributed by atoms with Crippen molar-refractivity contribution in [2.24, 2.45) is 5.92 Å². The lowest BCUT2D eigenvalue weighted by molar-refractivity contribution is -0.142. The second-order valence-corrected chi connectivity index (χ2v) is 10.2. The summed E-state index contributed by atoms with van der Waals surface area (Å²) in [4.78, 5) is 33.4. The number of hydrogen-bond donors (Lipinski definition) is 0. The molecular formula is C28H33F3N4O3. The van der Waals surface area contributed by atoms with Gasteiger partial charge in [0.15, 0.2) is 0 Å². The lowest BCUT2D eigenvalue weighted by atomic mass is 9.82. The standard InChI is InChI=1S/C28H33F3N4O3/c1-20(36)33-10-12-34(13-11-33)27(37)24-18-21-17-22(28(29,30)31)7-8-25(21)35-14-9-32(19-26(24)35)15-16-38-23-5-3-2-4-6-23/h2-8,17,24,26H,9-16,18-19H2,1H3. The summed E-state index contributed by atoms with van der Waals surface area (Å²) >= 11 is 0. The average Bonchev–Trinajstić information content (AvgIpc) is 2.92. The predicted molar refractivity (Wildman–Crippen MR) is 137 cm³/mol. The van der Waals surface area contributed by atoms with Crippen LogP contribution in [0.4, 0.5) is 18.9 Å². The molecule has 0 radical (unpaired) electrons. The van der Waals surface area contributed by atoms with Gasteiger partial charge in [0.25, 0.3) is 0 Å². The number of amides is 2. The molecule has 10 heteroatoms. The first-order valence-corrected chi connectivity index (χ1v) is 13.1. The van der Waals surface area contributed by atoms with Crippen LogP contribution in [0.3, 0.4) is 0 Å². The van der Waals surface area contributed by atoms with Crippen LogP contribution in [0.5, 0.6) is 5.75 Å². The molecular weight excluding hydrogens is 497 g/mol. The lowest BCUT2D eigenvalue weighted by Crippen LogP contribution is -2.62. The zero-order chi connectivity index (χ0) is 26.9. The second kappa shape index (κ2) is 10.8. The van der Waals surface area contributed by atoms with E-state index >= 15 is 0 Å². The van der Waals surface area contributed by atoms with E-state index in [9.17, 15) is 22.8 Å². The quantitative estimate of drug-likeness (QED) is 0.595. The van der Waals surface area contributed by atoms with Crippen molar-refractivity contribution in [1.82, 2.24) is 14.7 Å². The summed E-state index contributed by atoms with van der Waals surface area (Å²) in [5.41, 5.74) is 0.666. The third-order valence-corrected chi connectivity index (χ3v) is 7.90. The maximum Gasteiger partial charge on any atom is 0.416 e. The minimum atomic E-state index is -4.44. The second-order valence-electron chi connectivity index (χ2n) is 10.2. The van der Waals surface area contributed by atoms with E-state index in [1.807, 2.05) is 30.3 Å². The molecule has 0 N–H and O–H groups in total. The van der Waals surface area contributed by atoms with Crippen molar-refractivity contribution < 1.29 is 27.5 Å². The average molecular weight is 531 g/mol. The summed E-state index contributed by atoms with van der Waals surface area (Å²) in [6.45, 7) is 6.51. The lowest BCUT2D eigenvalue weighted by Gasteiger charge is -2.50. The molecule has 2 aromatic carbocycles. The van der Waals surface area contributed by atoms with Gasteiger partial charge < -0.3 is 19.4 Å². The Hall–Kier alpha value is -3.27. The van der Waals surface area contributed by atoms with Gasteiger partial charge in [0.05, 0.1) is 17.5 Å². The van der Waals surface area contributed by atoms with Crippen LogP contribution in [0.2, 0.25) is 0 Å². The van der Waals surface area contributed by atoms with Crippen LogP contribution in [0.1, 0.15) is 18.1 Å². The van der Waals surface area contributed by atoms with Gasteiger partial charge in [-0.2, -0.15) is 13.2 Å². The van der Waals surface area contributed by atoms with Crippen molar-refractivity contribution in [1.29, 1.82) is 0 Å². The SMILES string of the molecule is CC(=O)N1CCN(C(=O)C2Cc3cc(C(F)(F)F)ccc3N3CCN(CCOc4ccccc4)CC23)CC1. The number of ether oxygens (including phenoxy) is 1. The molecule has 3 aliphatic rings. The molecule has 0 aliphatic carbocycles. The van der Waals surface area contributed by atoms with Crippen LogP contribution in [-0.4, -0.2) is 91.5 Å². The van der Waals surface area contributed by atoms with Crippen LogP contribution in [0.25, 0.3) is 0 Å². The molecule has 0 saturated carbocycles. The van der Waals surface area contributed by atoms with Gasteiger partial charge in [-0.05, 0) is 42.3 Å². The zero-order valence-corrected chi connectivity index (χ0v) is 21.5. The third-order valence-electron chi connectivity index (χ3n) is 7.90. The first-order chi connectivity index (χ1) is 18.2. The maximum atomic E-state index is 13.8. The van der Waals surface area contributed by atoms with Crippen molar-refractivity contribution in [2.45, 2.75) is 25.6 Å². The molecule has 0 bridgehead atoms. The van der Waals surface area contributed by atoms with E-state index in [0.29, 0.717) is 58.0 Å². The highest BCUT2D eigenvalue weighted by molar-refractivity contribution is 5.83. The van der Waals surface area contributed by atoms with Crippen LogP contribution in [0.15, 0.2) is 48.5 Å². The molecule has 38 heavy (non-hydrogen) atoms. The third kappa shape index (κ3) is 5.60. The molecule has 2 unspecified atom stereocenters. The van der Waals surface area contributed by atoms with Crippen molar-refractivity contribution in [3.8, 4) is 5.75 Å². The molecule has 5 rings (SSSR count). The van der Waals surface area contributed by atoms with E-state index in [4.69, 9.17) is 4.74 Å². The van der Waals surface area contributed by atoms with Crippen molar-refractivity contribution in [2.75, 3.05) is 63.9 Å². The summed E-state index contributed by atoms with van der Waals surface area (Å²) < 4.78 is 46.4. The van der Waals surface area contributed by atoms with Gasteiger partial charge in [-0.3, -0.25) is 14.5 Å². The summed E-state index contributed by atoms with van der Waals surface area (Å²) in [5, 5.41) is 0. The molecule has 2 fully saturated rings. The van der Waals surface area contributed by atoms with Crippen molar-refractivity contribution in [3.63, 3.8) is 0 Å². The summed E-state index contributed by atoms with van der Waals surface area (Å²) in [6, 6.07) is 13.3. The van der Waals surface area contributed by atoms with Crippen LogP contribution >= 0.6 is 0 Å². The minimum Gasteiger partial charge on any atom is -0.492 e. The van der Waals surface area contributed by atoms with E-state index in [2.05, 4.69) is 9.80 Å². The van der Waals surface area contributed by atoms with Crippen molar-refractivity contribution >= 4 is 17.5 Å². The van der Waals surface area contributed by atoms with Gasteiger partial charge in [-0.1, -0.05) is 18.2 Å². The number of hydrogen-bond acceptors (Lipinski definition) is 5. The number of rotatable bonds is 5. The Bertz CT molecular complexity index is 1150. The van der Waals surface area contributed by atoms with Gasteiger partial charge in [0.2, 0.25) is 11.8 Å². The van der Waals surface area contributed by atoms with Gasteiger partial charge in [0.1, 0.15) is 12.4 Å². The van der Waals surface area contributed by atoms with Crippen LogP contribution < -0.4 is 9.64 Å². The molecule has 7 nitrogen and oxygen atoms in total. The van der Waals surface area contributed by atoms with Gasteiger partial charge in [-0.25, -0.2) is 0 Å². The summed E-state index contributed by atoms with van der Waals surface area (Å²) in [5.74, 6) is 0.271. The Balaban J connectivity index is 1.34. The number of alkyl halides is 3. The number of para-hydroxylation sites is 1. The predicted octanol–water partition coefficient (Wildman–Crippen LogP) is 3.14. The van der Waals surface area contributed by atoms with Crippen LogP contribution in [-0.2, 0) is 22.2 Å². The van der Waals surface area contributed by atoms with Gasteiger partial charge in [0, 0.05) is 65.0 Å². The van der Waals surface area contributed by atoms with Crippen molar-refractivity contribution in [3.05, 3.63) is 59.7 Å². The fourth-order valence-electron chi connectivity index (χ4n) is 5.83. The highest BCUT2D eigenvalue weighted by Gasteiger charge is 2.44. The van der Waals surface area contributed by atoms with E-state index in [1.165, 1.54) is 13.0 Å². The summed E-state index contributed by atoms with van der Waals surface area (Å²) in [6.07, 6.45) is -4.17.